The number of sulfonamides is 1. The molecule has 1 aliphatic carbocycles. The van der Waals surface area contributed by atoms with Gasteiger partial charge in [-0.3, -0.25) is 9.59 Å². The van der Waals surface area contributed by atoms with Crippen molar-refractivity contribution in [3.63, 3.8) is 0 Å². The Morgan fingerprint density at radius 2 is 1.83 bits per heavy atom. The third-order valence-electron chi connectivity index (χ3n) is 4.84. The number of thiophene rings is 1. The summed E-state index contributed by atoms with van der Waals surface area (Å²) < 4.78 is 46.4. The number of hydrogen-bond donors (Lipinski definition) is 2. The minimum absolute atomic E-state index is 0.153. The van der Waals surface area contributed by atoms with Crippen LogP contribution in [0, 0.1) is 5.82 Å². The van der Waals surface area contributed by atoms with E-state index < -0.39 is 27.3 Å². The second-order valence-electron chi connectivity index (χ2n) is 7.02. The maximum absolute atomic E-state index is 14.4. The molecule has 2 heterocycles. The zero-order valence-corrected chi connectivity index (χ0v) is 17.5. The molecular weight excluding hydrogens is 433 g/mol. The molecular formula is C19H20FN3O5S2. The van der Waals surface area contributed by atoms with E-state index >= 15 is 0 Å². The first-order valence-corrected chi connectivity index (χ1v) is 11.8. The Morgan fingerprint density at radius 1 is 1.10 bits per heavy atom. The number of carbonyl (C=O) groups excluding carboxylic acids is 2. The molecule has 2 aliphatic rings. The molecule has 2 aromatic rings. The van der Waals surface area contributed by atoms with Crippen molar-refractivity contribution < 1.29 is 27.1 Å². The smallest absolute Gasteiger partial charge is 0.259 e. The van der Waals surface area contributed by atoms with Crippen LogP contribution in [-0.4, -0.2) is 56.9 Å². The maximum atomic E-state index is 14.4. The molecule has 0 bridgehead atoms. The minimum atomic E-state index is -3.88. The van der Waals surface area contributed by atoms with Gasteiger partial charge in [0, 0.05) is 19.1 Å². The molecule has 2 fully saturated rings. The molecule has 30 heavy (non-hydrogen) atoms. The summed E-state index contributed by atoms with van der Waals surface area (Å²) in [6.45, 7) is 0.932. The van der Waals surface area contributed by atoms with E-state index in [1.54, 1.807) is 11.4 Å². The standard InChI is InChI=1S/C19H20FN3O5S2/c20-16-4-3-13(30(26,27)23-6-8-28-9-7-23)11-15(16)18(25)22-19-14(5-10-29-19)17(24)21-12-1-2-12/h3-5,10-12H,1-2,6-9H2,(H,21,24)(H,22,25). The minimum Gasteiger partial charge on any atom is -0.379 e. The predicted molar refractivity (Wildman–Crippen MR) is 109 cm³/mol. The Bertz CT molecular complexity index is 1080. The third-order valence-corrected chi connectivity index (χ3v) is 7.56. The number of rotatable bonds is 6. The van der Waals surface area contributed by atoms with E-state index in [2.05, 4.69) is 10.6 Å². The van der Waals surface area contributed by atoms with Gasteiger partial charge in [0.1, 0.15) is 10.8 Å². The summed E-state index contributed by atoms with van der Waals surface area (Å²) in [6, 6.07) is 4.84. The van der Waals surface area contributed by atoms with Gasteiger partial charge in [0.2, 0.25) is 10.0 Å². The summed E-state index contributed by atoms with van der Waals surface area (Å²) in [5.74, 6) is -1.98. The van der Waals surface area contributed by atoms with Gasteiger partial charge in [-0.2, -0.15) is 4.31 Å². The van der Waals surface area contributed by atoms with Gasteiger partial charge in [-0.15, -0.1) is 11.3 Å². The fourth-order valence-electron chi connectivity index (χ4n) is 3.02. The van der Waals surface area contributed by atoms with Gasteiger partial charge >= 0.3 is 0 Å². The molecule has 2 N–H and O–H groups in total. The van der Waals surface area contributed by atoms with E-state index in [-0.39, 0.29) is 53.7 Å². The third kappa shape index (κ3) is 4.38. The average molecular weight is 454 g/mol. The molecule has 8 nitrogen and oxygen atoms in total. The number of anilines is 1. The quantitative estimate of drug-likeness (QED) is 0.697. The highest BCUT2D eigenvalue weighted by atomic mass is 32.2. The molecule has 4 rings (SSSR count). The first kappa shape index (κ1) is 20.9. The lowest BCUT2D eigenvalue weighted by Gasteiger charge is -2.26. The summed E-state index contributed by atoms with van der Waals surface area (Å²) >= 11 is 1.13. The Labute approximate surface area is 177 Å². The van der Waals surface area contributed by atoms with E-state index in [4.69, 9.17) is 4.74 Å². The summed E-state index contributed by atoms with van der Waals surface area (Å²) in [4.78, 5) is 24.8. The zero-order valence-electron chi connectivity index (χ0n) is 15.9. The van der Waals surface area contributed by atoms with Crippen molar-refractivity contribution in [2.24, 2.45) is 0 Å². The number of morpholine rings is 1. The van der Waals surface area contributed by atoms with Crippen LogP contribution in [0.4, 0.5) is 9.39 Å². The van der Waals surface area contributed by atoms with E-state index in [0.29, 0.717) is 0 Å². The molecule has 1 aliphatic heterocycles. The predicted octanol–water partition coefficient (Wildman–Crippen LogP) is 2.05. The number of halogens is 1. The summed E-state index contributed by atoms with van der Waals surface area (Å²) in [5, 5.41) is 7.29. The van der Waals surface area contributed by atoms with Crippen molar-refractivity contribution in [2.45, 2.75) is 23.8 Å². The highest BCUT2D eigenvalue weighted by Gasteiger charge is 2.29. The summed E-state index contributed by atoms with van der Waals surface area (Å²) in [5.41, 5.74) is -0.121. The second-order valence-corrected chi connectivity index (χ2v) is 9.88. The fraction of sp³-hybridized carbons (Fsp3) is 0.368. The topological polar surface area (TPSA) is 105 Å². The highest BCUT2D eigenvalue weighted by molar-refractivity contribution is 7.89. The maximum Gasteiger partial charge on any atom is 0.259 e. The Morgan fingerprint density at radius 3 is 2.53 bits per heavy atom. The van der Waals surface area contributed by atoms with Crippen LogP contribution in [0.3, 0.4) is 0 Å². The van der Waals surface area contributed by atoms with Gasteiger partial charge in [0.05, 0.1) is 29.2 Å². The van der Waals surface area contributed by atoms with E-state index in [1.807, 2.05) is 0 Å². The Kier molecular flexibility index (Phi) is 5.87. The van der Waals surface area contributed by atoms with Gasteiger partial charge in [0.15, 0.2) is 0 Å². The highest BCUT2D eigenvalue weighted by Crippen LogP contribution is 2.27. The zero-order chi connectivity index (χ0) is 21.3. The van der Waals surface area contributed by atoms with Gasteiger partial charge in [-0.05, 0) is 42.5 Å². The molecule has 2 amide bonds. The van der Waals surface area contributed by atoms with Crippen LogP contribution < -0.4 is 10.6 Å². The first-order chi connectivity index (χ1) is 14.4. The van der Waals surface area contributed by atoms with Gasteiger partial charge < -0.3 is 15.4 Å². The number of nitrogens with zero attached hydrogens (tertiary/aromatic N) is 1. The summed E-state index contributed by atoms with van der Waals surface area (Å²) in [6.07, 6.45) is 1.85. The lowest BCUT2D eigenvalue weighted by Crippen LogP contribution is -2.40. The molecule has 0 unspecified atom stereocenters. The lowest BCUT2D eigenvalue weighted by atomic mass is 10.2. The number of carbonyl (C=O) groups is 2. The SMILES string of the molecule is O=C(Nc1sccc1C(=O)NC1CC1)c1cc(S(=O)(=O)N2CCOCC2)ccc1F. The van der Waals surface area contributed by atoms with Crippen LogP contribution in [0.1, 0.15) is 33.6 Å². The first-order valence-electron chi connectivity index (χ1n) is 9.43. The van der Waals surface area contributed by atoms with Gasteiger partial charge in [-0.25, -0.2) is 12.8 Å². The Balaban J connectivity index is 1.55. The van der Waals surface area contributed by atoms with Crippen molar-refractivity contribution in [3.8, 4) is 0 Å². The number of hydrogen-bond acceptors (Lipinski definition) is 6. The van der Waals surface area contributed by atoms with Crippen molar-refractivity contribution >= 4 is 38.2 Å². The Hall–Kier alpha value is -2.34. The van der Waals surface area contributed by atoms with Gasteiger partial charge in [-0.1, -0.05) is 0 Å². The molecule has 1 aromatic heterocycles. The van der Waals surface area contributed by atoms with Crippen molar-refractivity contribution in [1.82, 2.24) is 9.62 Å². The molecule has 1 saturated heterocycles. The van der Waals surface area contributed by atoms with Crippen LogP contribution in [0.2, 0.25) is 0 Å². The van der Waals surface area contributed by atoms with Crippen LogP contribution in [0.25, 0.3) is 0 Å². The van der Waals surface area contributed by atoms with Gasteiger partial charge in [0.25, 0.3) is 11.8 Å². The van der Waals surface area contributed by atoms with E-state index in [1.165, 1.54) is 4.31 Å². The van der Waals surface area contributed by atoms with Crippen molar-refractivity contribution in [2.75, 3.05) is 31.6 Å². The molecule has 0 radical (unpaired) electrons. The average Bonchev–Trinajstić information content (AvgIpc) is 3.43. The molecule has 1 saturated carbocycles. The second kappa shape index (κ2) is 8.42. The van der Waals surface area contributed by atoms with E-state index in [9.17, 15) is 22.4 Å². The largest absolute Gasteiger partial charge is 0.379 e. The number of ether oxygens (including phenoxy) is 1. The number of amides is 2. The summed E-state index contributed by atoms with van der Waals surface area (Å²) in [7, 11) is -3.88. The van der Waals surface area contributed by atoms with Crippen molar-refractivity contribution in [1.29, 1.82) is 0 Å². The number of benzene rings is 1. The number of nitrogens with one attached hydrogen (secondary N) is 2. The van der Waals surface area contributed by atoms with E-state index in [0.717, 1.165) is 42.4 Å². The molecule has 0 atom stereocenters. The fourth-order valence-corrected chi connectivity index (χ4v) is 5.24. The van der Waals surface area contributed by atoms with Crippen LogP contribution >= 0.6 is 11.3 Å². The lowest BCUT2D eigenvalue weighted by molar-refractivity contribution is 0.0730. The van der Waals surface area contributed by atoms with Crippen LogP contribution in [-0.2, 0) is 14.8 Å². The monoisotopic (exact) mass is 453 g/mol. The molecule has 11 heteroatoms. The molecule has 0 spiro atoms. The van der Waals surface area contributed by atoms with Crippen LogP contribution in [0.5, 0.6) is 0 Å². The van der Waals surface area contributed by atoms with Crippen LogP contribution in [0.15, 0.2) is 34.5 Å². The molecule has 1 aromatic carbocycles. The molecule has 160 valence electrons. The van der Waals surface area contributed by atoms with Crippen molar-refractivity contribution in [3.05, 3.63) is 46.6 Å². The normalized spacial score (nSPS) is 17.5.